The summed E-state index contributed by atoms with van der Waals surface area (Å²) in [5, 5.41) is 0. The van der Waals surface area contributed by atoms with Crippen molar-refractivity contribution in [1.82, 2.24) is 0 Å². The van der Waals surface area contributed by atoms with E-state index in [1.165, 1.54) is 17.5 Å². The van der Waals surface area contributed by atoms with E-state index >= 15 is 0 Å². The number of rotatable bonds is 5. The maximum Gasteiger partial charge on any atom is 0.133 e. The molecule has 0 heterocycles. The van der Waals surface area contributed by atoms with E-state index in [-0.39, 0.29) is 0 Å². The van der Waals surface area contributed by atoms with Crippen molar-refractivity contribution in [1.29, 1.82) is 0 Å². The third-order valence-electron chi connectivity index (χ3n) is 4.02. The number of hydrogen-bond acceptors (Lipinski definition) is 1. The predicted octanol–water partition coefficient (Wildman–Crippen LogP) is 6.09. The predicted molar refractivity (Wildman–Crippen MR) is 94.3 cm³/mol. The van der Waals surface area contributed by atoms with Gasteiger partial charge in [0.15, 0.2) is 0 Å². The van der Waals surface area contributed by atoms with Gasteiger partial charge in [-0.05, 0) is 64.4 Å². The quantitative estimate of drug-likeness (QED) is 0.543. The van der Waals surface area contributed by atoms with Crippen LogP contribution in [-0.4, -0.2) is 6.61 Å². The number of hydrogen-bond donors (Lipinski definition) is 0. The summed E-state index contributed by atoms with van der Waals surface area (Å²) >= 11 is 7.49. The van der Waals surface area contributed by atoms with Crippen LogP contribution in [0.5, 0.6) is 5.75 Å². The first-order valence-corrected chi connectivity index (χ1v) is 9.03. The molecule has 0 amide bonds. The van der Waals surface area contributed by atoms with Gasteiger partial charge in [0, 0.05) is 4.83 Å². The van der Waals surface area contributed by atoms with Crippen LogP contribution in [0.2, 0.25) is 0 Å². The minimum Gasteiger partial charge on any atom is -0.493 e. The molecule has 0 aliphatic heterocycles. The van der Waals surface area contributed by atoms with Crippen LogP contribution in [0.15, 0.2) is 53.0 Å². The van der Waals surface area contributed by atoms with Crippen molar-refractivity contribution in [3.63, 3.8) is 0 Å². The van der Waals surface area contributed by atoms with E-state index in [0.717, 1.165) is 10.2 Å². The van der Waals surface area contributed by atoms with Gasteiger partial charge in [0.05, 0.1) is 11.1 Å². The molecule has 1 saturated carbocycles. The molecule has 0 saturated heterocycles. The molecule has 3 rings (SSSR count). The summed E-state index contributed by atoms with van der Waals surface area (Å²) in [5.74, 6) is 2.27. The van der Waals surface area contributed by atoms with Gasteiger partial charge in [-0.1, -0.05) is 52.3 Å². The minimum absolute atomic E-state index is 0.398. The fourth-order valence-electron chi connectivity index (χ4n) is 2.83. The lowest BCUT2D eigenvalue weighted by Gasteiger charge is -2.13. The van der Waals surface area contributed by atoms with E-state index in [1.54, 1.807) is 0 Å². The van der Waals surface area contributed by atoms with Crippen LogP contribution in [0.3, 0.4) is 0 Å². The second kappa shape index (κ2) is 6.53. The zero-order chi connectivity index (χ0) is 14.8. The van der Waals surface area contributed by atoms with Gasteiger partial charge in [0.2, 0.25) is 0 Å². The standard InChI is InChI=1S/C18H18Br2O/c1-2-21-17-9-8-13(10-16(17)19)18(20)15-11-14(15)12-6-4-3-5-7-12/h3-10,14-15,18H,2,11H2,1H3. The van der Waals surface area contributed by atoms with Gasteiger partial charge in [-0.3, -0.25) is 0 Å². The summed E-state index contributed by atoms with van der Waals surface area (Å²) < 4.78 is 6.61. The van der Waals surface area contributed by atoms with Gasteiger partial charge in [0.1, 0.15) is 5.75 Å². The maximum atomic E-state index is 5.58. The molecular formula is C18H18Br2O. The van der Waals surface area contributed by atoms with Gasteiger partial charge >= 0.3 is 0 Å². The zero-order valence-corrected chi connectivity index (χ0v) is 15.1. The third kappa shape index (κ3) is 3.35. The average Bonchev–Trinajstić information content (AvgIpc) is 3.30. The second-order valence-electron chi connectivity index (χ2n) is 5.44. The first kappa shape index (κ1) is 15.1. The van der Waals surface area contributed by atoms with Crippen LogP contribution in [0.25, 0.3) is 0 Å². The van der Waals surface area contributed by atoms with Crippen molar-refractivity contribution in [2.75, 3.05) is 6.61 Å². The second-order valence-corrected chi connectivity index (χ2v) is 7.28. The Balaban J connectivity index is 1.72. The fraction of sp³-hybridized carbons (Fsp3) is 0.333. The Kier molecular flexibility index (Phi) is 4.70. The molecule has 0 bridgehead atoms. The van der Waals surface area contributed by atoms with Crippen LogP contribution < -0.4 is 4.74 Å². The largest absolute Gasteiger partial charge is 0.493 e. The molecule has 2 aromatic rings. The molecule has 1 fully saturated rings. The summed E-state index contributed by atoms with van der Waals surface area (Å²) in [6.07, 6.45) is 1.25. The number of alkyl halides is 1. The highest BCUT2D eigenvalue weighted by molar-refractivity contribution is 9.10. The van der Waals surface area contributed by atoms with Crippen LogP contribution in [0.1, 0.15) is 35.2 Å². The van der Waals surface area contributed by atoms with Gasteiger partial charge in [-0.25, -0.2) is 0 Å². The summed E-state index contributed by atoms with van der Waals surface area (Å²) in [4.78, 5) is 0.398. The Hall–Kier alpha value is -0.800. The summed E-state index contributed by atoms with van der Waals surface area (Å²) in [6.45, 7) is 2.69. The molecule has 21 heavy (non-hydrogen) atoms. The lowest BCUT2D eigenvalue weighted by Crippen LogP contribution is -1.97. The van der Waals surface area contributed by atoms with Crippen LogP contribution in [0, 0.1) is 5.92 Å². The summed E-state index contributed by atoms with van der Waals surface area (Å²) in [6, 6.07) is 17.2. The lowest BCUT2D eigenvalue weighted by molar-refractivity contribution is 0.338. The molecule has 3 atom stereocenters. The highest BCUT2D eigenvalue weighted by Gasteiger charge is 2.43. The van der Waals surface area contributed by atoms with Gasteiger partial charge < -0.3 is 4.74 Å². The molecule has 3 unspecified atom stereocenters. The first-order chi connectivity index (χ1) is 10.2. The first-order valence-electron chi connectivity index (χ1n) is 7.32. The Morgan fingerprint density at radius 2 is 1.95 bits per heavy atom. The number of benzene rings is 2. The Bertz CT molecular complexity index is 612. The Morgan fingerprint density at radius 1 is 1.19 bits per heavy atom. The molecule has 0 aromatic heterocycles. The topological polar surface area (TPSA) is 9.23 Å². The molecule has 2 aromatic carbocycles. The molecule has 110 valence electrons. The molecule has 1 aliphatic rings. The van der Waals surface area contributed by atoms with Crippen LogP contribution >= 0.6 is 31.9 Å². The highest BCUT2D eigenvalue weighted by Crippen LogP contribution is 2.57. The van der Waals surface area contributed by atoms with Crippen LogP contribution in [-0.2, 0) is 0 Å². The van der Waals surface area contributed by atoms with Gasteiger partial charge in [0.25, 0.3) is 0 Å². The molecule has 0 N–H and O–H groups in total. The fourth-order valence-corrected chi connectivity index (χ4v) is 4.21. The van der Waals surface area contributed by atoms with Crippen molar-refractivity contribution in [2.24, 2.45) is 5.92 Å². The van der Waals surface area contributed by atoms with Crippen molar-refractivity contribution >= 4 is 31.9 Å². The Morgan fingerprint density at radius 3 is 2.62 bits per heavy atom. The summed E-state index contributed by atoms with van der Waals surface area (Å²) in [5.41, 5.74) is 2.77. The number of ether oxygens (including phenoxy) is 1. The summed E-state index contributed by atoms with van der Waals surface area (Å²) in [7, 11) is 0. The average molecular weight is 410 g/mol. The monoisotopic (exact) mass is 408 g/mol. The van der Waals surface area contributed by atoms with E-state index in [2.05, 4.69) is 80.4 Å². The van der Waals surface area contributed by atoms with E-state index in [1.807, 2.05) is 6.92 Å². The number of halogens is 2. The third-order valence-corrected chi connectivity index (χ3v) is 5.85. The van der Waals surface area contributed by atoms with Gasteiger partial charge in [-0.2, -0.15) is 0 Å². The van der Waals surface area contributed by atoms with Crippen LogP contribution in [0.4, 0.5) is 0 Å². The molecule has 3 heteroatoms. The smallest absolute Gasteiger partial charge is 0.133 e. The van der Waals surface area contributed by atoms with E-state index in [0.29, 0.717) is 23.3 Å². The van der Waals surface area contributed by atoms with E-state index in [9.17, 15) is 0 Å². The van der Waals surface area contributed by atoms with E-state index in [4.69, 9.17) is 4.74 Å². The zero-order valence-electron chi connectivity index (χ0n) is 11.9. The molecule has 0 spiro atoms. The van der Waals surface area contributed by atoms with Crippen molar-refractivity contribution in [2.45, 2.75) is 24.1 Å². The molecule has 0 radical (unpaired) electrons. The SMILES string of the molecule is CCOc1ccc(C(Br)C2CC2c2ccccc2)cc1Br. The van der Waals surface area contributed by atoms with E-state index < -0.39 is 0 Å². The maximum absolute atomic E-state index is 5.58. The Labute approximate surface area is 143 Å². The molecule has 1 nitrogen and oxygen atoms in total. The van der Waals surface area contributed by atoms with Crippen molar-refractivity contribution in [3.8, 4) is 5.75 Å². The molecular weight excluding hydrogens is 392 g/mol. The lowest BCUT2D eigenvalue weighted by atomic mass is 10.0. The minimum atomic E-state index is 0.398. The van der Waals surface area contributed by atoms with Gasteiger partial charge in [-0.15, -0.1) is 0 Å². The van der Waals surface area contributed by atoms with Crippen molar-refractivity contribution < 1.29 is 4.74 Å². The molecule has 1 aliphatic carbocycles. The normalized spacial score (nSPS) is 21.9. The highest BCUT2D eigenvalue weighted by atomic mass is 79.9. The van der Waals surface area contributed by atoms with Crippen molar-refractivity contribution in [3.05, 3.63) is 64.1 Å².